The third kappa shape index (κ3) is 5.70. The molecule has 1 fully saturated rings. The van der Waals surface area contributed by atoms with E-state index in [1.807, 2.05) is 0 Å². The molecule has 22 heavy (non-hydrogen) atoms. The molecule has 1 aliphatic rings. The van der Waals surface area contributed by atoms with Crippen LogP contribution in [-0.4, -0.2) is 72.6 Å². The SMILES string of the molecule is CN(C)S(=O)(=O)NC(=S)N1C[C@H](N)C1=O.O=C(O)C(F)(F)F. The standard InChI is InChI=1S/C6H12N4O3S2.C2HF3O2/c1-9(2)15(12,13)8-6(14)10-3-4(7)5(10)11;3-2(4,5)1(6)7/h4H,3,7H2,1-2H3,(H,8,14);(H,6,7)/t4-;/m0./s1. The molecule has 0 bridgehead atoms. The summed E-state index contributed by atoms with van der Waals surface area (Å²) in [5.74, 6) is -3.13. The summed E-state index contributed by atoms with van der Waals surface area (Å²) in [6.45, 7) is 0.244. The van der Waals surface area contributed by atoms with E-state index in [1.165, 1.54) is 14.1 Å². The van der Waals surface area contributed by atoms with Crippen LogP contribution in [0.15, 0.2) is 0 Å². The molecule has 0 radical (unpaired) electrons. The van der Waals surface area contributed by atoms with Gasteiger partial charge in [-0.05, 0) is 12.2 Å². The highest BCUT2D eigenvalue weighted by atomic mass is 32.2. The molecule has 1 saturated heterocycles. The summed E-state index contributed by atoms with van der Waals surface area (Å²) in [6, 6.07) is -0.577. The lowest BCUT2D eigenvalue weighted by atomic mass is 10.1. The maximum absolute atomic E-state index is 11.3. The monoisotopic (exact) mass is 366 g/mol. The number of nitrogens with two attached hydrogens (primary N) is 1. The lowest BCUT2D eigenvalue weighted by Crippen LogP contribution is -2.65. The predicted octanol–water partition coefficient (Wildman–Crippen LogP) is -1.53. The Bertz CT molecular complexity index is 563. The number of aliphatic carboxylic acids is 1. The fraction of sp³-hybridized carbons (Fsp3) is 0.625. The van der Waals surface area contributed by atoms with Gasteiger partial charge in [-0.25, -0.2) is 9.52 Å². The molecule has 0 aromatic heterocycles. The number of carboxylic acid groups (broad SMARTS) is 1. The Labute approximate surface area is 129 Å². The van der Waals surface area contributed by atoms with Gasteiger partial charge in [-0.2, -0.15) is 25.9 Å². The topological polar surface area (TPSA) is 133 Å². The van der Waals surface area contributed by atoms with E-state index in [0.717, 1.165) is 9.21 Å². The first kappa shape index (κ1) is 20.5. The summed E-state index contributed by atoms with van der Waals surface area (Å²) >= 11 is 4.76. The van der Waals surface area contributed by atoms with Gasteiger partial charge in [0, 0.05) is 14.1 Å². The Morgan fingerprint density at radius 1 is 1.50 bits per heavy atom. The van der Waals surface area contributed by atoms with Crippen molar-refractivity contribution in [2.75, 3.05) is 20.6 Å². The van der Waals surface area contributed by atoms with E-state index in [2.05, 4.69) is 4.72 Å². The van der Waals surface area contributed by atoms with Crippen molar-refractivity contribution in [3.63, 3.8) is 0 Å². The van der Waals surface area contributed by atoms with Gasteiger partial charge in [0.2, 0.25) is 5.91 Å². The molecule has 1 atom stereocenters. The number of amides is 1. The van der Waals surface area contributed by atoms with Crippen LogP contribution in [0.3, 0.4) is 0 Å². The van der Waals surface area contributed by atoms with Crippen molar-refractivity contribution in [2.24, 2.45) is 5.73 Å². The van der Waals surface area contributed by atoms with Crippen molar-refractivity contribution in [3.05, 3.63) is 0 Å². The zero-order chi connectivity index (χ0) is 17.9. The highest BCUT2D eigenvalue weighted by Gasteiger charge is 2.38. The van der Waals surface area contributed by atoms with Crippen LogP contribution in [0.5, 0.6) is 0 Å². The number of thiocarbonyl (C=S) groups is 1. The number of halogens is 3. The summed E-state index contributed by atoms with van der Waals surface area (Å²) in [6.07, 6.45) is -5.08. The van der Waals surface area contributed by atoms with E-state index >= 15 is 0 Å². The van der Waals surface area contributed by atoms with Crippen LogP contribution in [0, 0.1) is 0 Å². The first-order valence-corrected chi connectivity index (χ1v) is 7.16. The van der Waals surface area contributed by atoms with Crippen LogP contribution >= 0.6 is 12.2 Å². The lowest BCUT2D eigenvalue weighted by molar-refractivity contribution is -0.192. The van der Waals surface area contributed by atoms with Gasteiger partial charge in [0.25, 0.3) is 0 Å². The first-order chi connectivity index (χ1) is 9.70. The molecule has 1 rings (SSSR count). The maximum Gasteiger partial charge on any atom is 0.490 e. The second kappa shape index (κ2) is 7.17. The Hall–Kier alpha value is -1.51. The number of carbonyl (C=O) groups excluding carboxylic acids is 1. The van der Waals surface area contributed by atoms with Crippen molar-refractivity contribution in [1.29, 1.82) is 0 Å². The number of likely N-dealkylation sites (tertiary alicyclic amines) is 1. The Morgan fingerprint density at radius 3 is 2.14 bits per heavy atom. The van der Waals surface area contributed by atoms with E-state index in [4.69, 9.17) is 27.9 Å². The summed E-state index contributed by atoms with van der Waals surface area (Å²) in [5, 5.41) is 6.98. The van der Waals surface area contributed by atoms with E-state index in [9.17, 15) is 26.4 Å². The average molecular weight is 366 g/mol. The third-order valence-corrected chi connectivity index (χ3v) is 4.01. The summed E-state index contributed by atoms with van der Waals surface area (Å²) in [7, 11) is -0.941. The van der Waals surface area contributed by atoms with Gasteiger partial charge < -0.3 is 10.8 Å². The molecule has 0 saturated carbocycles. The Morgan fingerprint density at radius 2 is 1.91 bits per heavy atom. The van der Waals surface area contributed by atoms with E-state index in [1.54, 1.807) is 0 Å². The second-order valence-electron chi connectivity index (χ2n) is 4.05. The smallest absolute Gasteiger partial charge is 0.475 e. The van der Waals surface area contributed by atoms with Crippen LogP contribution in [0.4, 0.5) is 13.2 Å². The van der Waals surface area contributed by atoms with Gasteiger partial charge in [-0.15, -0.1) is 0 Å². The summed E-state index contributed by atoms with van der Waals surface area (Å²) in [4.78, 5) is 21.1. The second-order valence-corrected chi connectivity index (χ2v) is 6.32. The molecule has 0 aliphatic carbocycles. The van der Waals surface area contributed by atoms with Crippen LogP contribution in [0.2, 0.25) is 0 Å². The fourth-order valence-corrected chi connectivity index (χ4v) is 1.89. The van der Waals surface area contributed by atoms with E-state index in [-0.39, 0.29) is 17.6 Å². The highest BCUT2D eigenvalue weighted by molar-refractivity contribution is 7.89. The van der Waals surface area contributed by atoms with Gasteiger partial charge in [-0.3, -0.25) is 9.69 Å². The largest absolute Gasteiger partial charge is 0.490 e. The maximum atomic E-state index is 11.3. The first-order valence-electron chi connectivity index (χ1n) is 5.31. The number of rotatable bonds is 2. The Balaban J connectivity index is 0.000000534. The van der Waals surface area contributed by atoms with E-state index in [0.29, 0.717) is 0 Å². The van der Waals surface area contributed by atoms with Crippen molar-refractivity contribution < 1.29 is 36.3 Å². The minimum Gasteiger partial charge on any atom is -0.475 e. The molecular formula is C8H13F3N4O5S2. The molecule has 1 heterocycles. The van der Waals surface area contributed by atoms with Gasteiger partial charge in [0.05, 0.1) is 6.54 Å². The Kier molecular flexibility index (Phi) is 6.68. The molecule has 4 N–H and O–H groups in total. The molecule has 14 heteroatoms. The third-order valence-electron chi connectivity index (χ3n) is 2.15. The van der Waals surface area contributed by atoms with Crippen LogP contribution < -0.4 is 10.5 Å². The molecule has 1 aliphatic heterocycles. The number of nitrogens with zero attached hydrogens (tertiary/aromatic N) is 2. The quantitative estimate of drug-likeness (QED) is 0.399. The number of alkyl halides is 3. The lowest BCUT2D eigenvalue weighted by Gasteiger charge is -2.36. The molecule has 0 aromatic carbocycles. The summed E-state index contributed by atoms with van der Waals surface area (Å²) < 4.78 is 57.4. The van der Waals surface area contributed by atoms with Crippen LogP contribution in [0.1, 0.15) is 0 Å². The molecular weight excluding hydrogens is 353 g/mol. The van der Waals surface area contributed by atoms with Crippen LogP contribution in [0.25, 0.3) is 0 Å². The van der Waals surface area contributed by atoms with E-state index < -0.39 is 28.4 Å². The highest BCUT2D eigenvalue weighted by Crippen LogP contribution is 2.13. The molecule has 9 nitrogen and oxygen atoms in total. The van der Waals surface area contributed by atoms with Crippen molar-refractivity contribution in [1.82, 2.24) is 13.9 Å². The molecule has 0 unspecified atom stereocenters. The number of nitrogens with one attached hydrogen (secondary N) is 1. The minimum atomic E-state index is -5.08. The predicted molar refractivity (Wildman–Crippen MR) is 71.7 cm³/mol. The number of carbonyl (C=O) groups is 2. The molecule has 0 aromatic rings. The fourth-order valence-electron chi connectivity index (χ4n) is 0.892. The zero-order valence-electron chi connectivity index (χ0n) is 11.3. The van der Waals surface area contributed by atoms with Crippen molar-refractivity contribution >= 4 is 39.4 Å². The molecule has 0 spiro atoms. The van der Waals surface area contributed by atoms with Gasteiger partial charge >= 0.3 is 22.4 Å². The van der Waals surface area contributed by atoms with Gasteiger partial charge in [0.15, 0.2) is 5.11 Å². The van der Waals surface area contributed by atoms with Crippen molar-refractivity contribution in [3.8, 4) is 0 Å². The normalized spacial score (nSPS) is 18.2. The number of β-lactam (4-membered cyclic amide) rings is 1. The zero-order valence-corrected chi connectivity index (χ0v) is 12.9. The van der Waals surface area contributed by atoms with Crippen molar-refractivity contribution in [2.45, 2.75) is 12.2 Å². The average Bonchev–Trinajstić information content (AvgIpc) is 2.33. The summed E-state index contributed by atoms with van der Waals surface area (Å²) in [5.41, 5.74) is 5.34. The number of carboxylic acids is 1. The van der Waals surface area contributed by atoms with Crippen LogP contribution in [-0.2, 0) is 19.8 Å². The molecule has 1 amide bonds. The number of hydrogen-bond donors (Lipinski definition) is 3. The van der Waals surface area contributed by atoms with Gasteiger partial charge in [-0.1, -0.05) is 0 Å². The molecule has 128 valence electrons. The van der Waals surface area contributed by atoms with Gasteiger partial charge in [0.1, 0.15) is 6.04 Å². The number of hydrogen-bond acceptors (Lipinski definition) is 6. The minimum absolute atomic E-state index is 0.143.